The second kappa shape index (κ2) is 7.34. The molecule has 1 N–H and O–H groups in total. The summed E-state index contributed by atoms with van der Waals surface area (Å²) in [4.78, 5) is 11.3. The number of nitrogens with zero attached hydrogens (tertiary/aromatic N) is 2. The van der Waals surface area contributed by atoms with Crippen molar-refractivity contribution in [3.05, 3.63) is 17.8 Å². The molecule has 0 aliphatic carbocycles. The summed E-state index contributed by atoms with van der Waals surface area (Å²) in [5.74, 6) is 6.19. The van der Waals surface area contributed by atoms with Crippen LogP contribution in [0.5, 0.6) is 5.88 Å². The van der Waals surface area contributed by atoms with Crippen molar-refractivity contribution >= 4 is 6.09 Å². The van der Waals surface area contributed by atoms with Gasteiger partial charge in [0, 0.05) is 19.0 Å². The van der Waals surface area contributed by atoms with Crippen molar-refractivity contribution in [2.24, 2.45) is 0 Å². The average Bonchev–Trinajstić information content (AvgIpc) is 2.37. The summed E-state index contributed by atoms with van der Waals surface area (Å²) >= 11 is 0. The van der Waals surface area contributed by atoms with Crippen molar-refractivity contribution in [2.45, 2.75) is 32.8 Å². The third kappa shape index (κ3) is 6.59. The number of carbonyl (C=O) groups excluding carboxylic acids is 1. The number of aromatic nitrogens is 2. The van der Waals surface area contributed by atoms with Gasteiger partial charge in [0.05, 0.1) is 7.11 Å². The lowest BCUT2D eigenvalue weighted by Gasteiger charge is -2.19. The Kier molecular flexibility index (Phi) is 5.78. The van der Waals surface area contributed by atoms with Gasteiger partial charge >= 0.3 is 6.09 Å². The normalized spacial score (nSPS) is 10.2. The van der Waals surface area contributed by atoms with Crippen LogP contribution in [0.3, 0.4) is 0 Å². The number of ether oxygens (including phenoxy) is 2. The number of hydrogen-bond donors (Lipinski definition) is 1. The van der Waals surface area contributed by atoms with Crippen molar-refractivity contribution in [1.29, 1.82) is 0 Å². The fourth-order valence-electron chi connectivity index (χ4n) is 1.19. The Labute approximate surface area is 118 Å². The highest BCUT2D eigenvalue weighted by atomic mass is 16.6. The quantitative estimate of drug-likeness (QED) is 0.673. The van der Waals surface area contributed by atoms with E-state index in [-0.39, 0.29) is 0 Å². The molecule has 0 spiro atoms. The summed E-state index contributed by atoms with van der Waals surface area (Å²) in [6, 6.07) is 3.41. The van der Waals surface area contributed by atoms with Crippen LogP contribution in [0.25, 0.3) is 0 Å². The van der Waals surface area contributed by atoms with E-state index in [4.69, 9.17) is 9.47 Å². The molecule has 0 aliphatic rings. The zero-order valence-corrected chi connectivity index (χ0v) is 12.2. The number of nitrogens with one attached hydrogen (secondary N) is 1. The van der Waals surface area contributed by atoms with Gasteiger partial charge in [0.1, 0.15) is 11.3 Å². The summed E-state index contributed by atoms with van der Waals surface area (Å²) in [6.45, 7) is 5.86. The summed E-state index contributed by atoms with van der Waals surface area (Å²) in [5.41, 5.74) is 0.0668. The average molecular weight is 277 g/mol. The van der Waals surface area contributed by atoms with Crippen LogP contribution in [0.4, 0.5) is 4.79 Å². The highest BCUT2D eigenvalue weighted by Crippen LogP contribution is 2.06. The molecule has 1 aromatic heterocycles. The maximum absolute atomic E-state index is 11.3. The van der Waals surface area contributed by atoms with Crippen molar-refractivity contribution in [1.82, 2.24) is 15.5 Å². The Morgan fingerprint density at radius 2 is 2.10 bits per heavy atom. The van der Waals surface area contributed by atoms with E-state index in [9.17, 15) is 4.79 Å². The van der Waals surface area contributed by atoms with Crippen molar-refractivity contribution in [3.8, 4) is 17.7 Å². The summed E-state index contributed by atoms with van der Waals surface area (Å²) in [5, 5.41) is 10.3. The highest BCUT2D eigenvalue weighted by molar-refractivity contribution is 5.67. The molecule has 0 bridgehead atoms. The Morgan fingerprint density at radius 1 is 1.35 bits per heavy atom. The van der Waals surface area contributed by atoms with Crippen molar-refractivity contribution in [3.63, 3.8) is 0 Å². The van der Waals surface area contributed by atoms with Crippen LogP contribution in [-0.4, -0.2) is 35.5 Å². The maximum atomic E-state index is 11.3. The molecule has 0 radical (unpaired) electrons. The standard InChI is InChI=1S/C14H19N3O3/c1-14(2,3)20-13(18)15-10-6-5-7-11-8-9-12(19-4)17-16-11/h8-9H,6,10H2,1-4H3,(H,15,18). The van der Waals surface area contributed by atoms with Crippen LogP contribution < -0.4 is 10.1 Å². The van der Waals surface area contributed by atoms with E-state index >= 15 is 0 Å². The van der Waals surface area contributed by atoms with Gasteiger partial charge in [0.25, 0.3) is 0 Å². The Hall–Kier alpha value is -2.29. The minimum absolute atomic E-state index is 0.422. The first-order chi connectivity index (χ1) is 9.40. The molecule has 0 unspecified atom stereocenters. The molecule has 108 valence electrons. The van der Waals surface area contributed by atoms with Gasteiger partial charge in [-0.05, 0) is 32.8 Å². The van der Waals surface area contributed by atoms with E-state index in [2.05, 4.69) is 27.4 Å². The predicted molar refractivity (Wildman–Crippen MR) is 74.3 cm³/mol. The summed E-state index contributed by atoms with van der Waals surface area (Å²) in [7, 11) is 1.53. The predicted octanol–water partition coefficient (Wildman–Crippen LogP) is 1.75. The number of amides is 1. The first-order valence-corrected chi connectivity index (χ1v) is 6.24. The molecule has 1 rings (SSSR count). The second-order valence-electron chi connectivity index (χ2n) is 4.94. The first-order valence-electron chi connectivity index (χ1n) is 6.24. The summed E-state index contributed by atoms with van der Waals surface area (Å²) in [6.07, 6.45) is 0.0657. The molecular formula is C14H19N3O3. The van der Waals surface area contributed by atoms with Crippen LogP contribution >= 0.6 is 0 Å². The van der Waals surface area contributed by atoms with Crippen molar-refractivity contribution < 1.29 is 14.3 Å². The minimum atomic E-state index is -0.492. The SMILES string of the molecule is COc1ccc(C#CCCNC(=O)OC(C)(C)C)nn1. The molecule has 0 fully saturated rings. The minimum Gasteiger partial charge on any atom is -0.480 e. The van der Waals surface area contributed by atoms with Crippen LogP contribution in [0.15, 0.2) is 12.1 Å². The number of hydrogen-bond acceptors (Lipinski definition) is 5. The lowest BCUT2D eigenvalue weighted by molar-refractivity contribution is 0.0529. The molecule has 6 heteroatoms. The van der Waals surface area contributed by atoms with E-state index in [0.717, 1.165) is 0 Å². The Morgan fingerprint density at radius 3 is 2.65 bits per heavy atom. The van der Waals surface area contributed by atoms with Crippen LogP contribution in [0.1, 0.15) is 32.9 Å². The molecule has 0 aromatic carbocycles. The molecule has 0 aliphatic heterocycles. The molecule has 1 heterocycles. The van der Waals surface area contributed by atoms with Gasteiger partial charge in [0.15, 0.2) is 0 Å². The van der Waals surface area contributed by atoms with Gasteiger partial charge in [0.2, 0.25) is 5.88 Å². The van der Waals surface area contributed by atoms with Gasteiger partial charge in [-0.3, -0.25) is 0 Å². The largest absolute Gasteiger partial charge is 0.480 e. The third-order valence-corrected chi connectivity index (χ3v) is 1.98. The zero-order valence-electron chi connectivity index (χ0n) is 12.2. The Balaban J connectivity index is 2.30. The number of alkyl carbamates (subject to hydrolysis) is 1. The first kappa shape index (κ1) is 15.8. The molecule has 20 heavy (non-hydrogen) atoms. The van der Waals surface area contributed by atoms with E-state index in [0.29, 0.717) is 24.5 Å². The maximum Gasteiger partial charge on any atom is 0.407 e. The molecule has 0 atom stereocenters. The van der Waals surface area contributed by atoms with E-state index in [1.165, 1.54) is 7.11 Å². The second-order valence-corrected chi connectivity index (χ2v) is 4.94. The monoisotopic (exact) mass is 277 g/mol. The summed E-state index contributed by atoms with van der Waals surface area (Å²) < 4.78 is 9.99. The molecule has 0 saturated heterocycles. The van der Waals surface area contributed by atoms with Crippen LogP contribution in [0, 0.1) is 11.8 Å². The van der Waals surface area contributed by atoms with Gasteiger partial charge in [-0.1, -0.05) is 5.92 Å². The lowest BCUT2D eigenvalue weighted by atomic mass is 10.2. The van der Waals surface area contributed by atoms with E-state index < -0.39 is 11.7 Å². The molecule has 6 nitrogen and oxygen atoms in total. The fourth-order valence-corrected chi connectivity index (χ4v) is 1.19. The molecule has 0 saturated carbocycles. The van der Waals surface area contributed by atoms with Gasteiger partial charge in [-0.25, -0.2) is 4.79 Å². The van der Waals surface area contributed by atoms with E-state index in [1.807, 2.05) is 20.8 Å². The Bertz CT molecular complexity index is 495. The number of methoxy groups -OCH3 is 1. The van der Waals surface area contributed by atoms with Crippen LogP contribution in [0.2, 0.25) is 0 Å². The lowest BCUT2D eigenvalue weighted by Crippen LogP contribution is -2.32. The highest BCUT2D eigenvalue weighted by Gasteiger charge is 2.15. The number of rotatable bonds is 3. The molecule has 1 amide bonds. The van der Waals surface area contributed by atoms with Gasteiger partial charge in [-0.15, -0.1) is 10.2 Å². The molecule has 1 aromatic rings. The fraction of sp³-hybridized carbons (Fsp3) is 0.500. The topological polar surface area (TPSA) is 73.3 Å². The van der Waals surface area contributed by atoms with Crippen LogP contribution in [-0.2, 0) is 4.74 Å². The van der Waals surface area contributed by atoms with Gasteiger partial charge < -0.3 is 14.8 Å². The van der Waals surface area contributed by atoms with Gasteiger partial charge in [-0.2, -0.15) is 0 Å². The number of carbonyl (C=O) groups is 1. The zero-order chi connectivity index (χ0) is 15.0. The van der Waals surface area contributed by atoms with E-state index in [1.54, 1.807) is 12.1 Å². The smallest absolute Gasteiger partial charge is 0.407 e. The molecular weight excluding hydrogens is 258 g/mol. The third-order valence-electron chi connectivity index (χ3n) is 1.98. The van der Waals surface area contributed by atoms with Crippen molar-refractivity contribution in [2.75, 3.05) is 13.7 Å².